The Balaban J connectivity index is 2.82. The molecular formula is C9H11Cl2NO2S. The Labute approximate surface area is 99.4 Å². The fraction of sp³-hybridized carbons (Fsp3) is 0.333. The summed E-state index contributed by atoms with van der Waals surface area (Å²) in [4.78, 5) is 0. The largest absolute Gasteiger partial charge is 0.226 e. The van der Waals surface area contributed by atoms with Crippen LogP contribution in [0, 0.1) is 0 Å². The second-order valence-corrected chi connectivity index (χ2v) is 5.89. The molecule has 0 aliphatic carbocycles. The lowest BCUT2D eigenvalue weighted by Crippen LogP contribution is -2.27. The molecular weight excluding hydrogens is 257 g/mol. The van der Waals surface area contributed by atoms with E-state index >= 15 is 0 Å². The SMILES string of the molecule is C[C@@H](NS(=O)(=O)CCl)c1cccc(Cl)c1. The normalized spacial score (nSPS) is 13.8. The summed E-state index contributed by atoms with van der Waals surface area (Å²) >= 11 is 11.1. The highest BCUT2D eigenvalue weighted by Gasteiger charge is 2.14. The van der Waals surface area contributed by atoms with Crippen LogP contribution in [0.2, 0.25) is 5.02 Å². The molecule has 1 aromatic carbocycles. The first-order chi connectivity index (χ1) is 6.94. The van der Waals surface area contributed by atoms with E-state index in [0.717, 1.165) is 5.56 Å². The molecule has 6 heteroatoms. The van der Waals surface area contributed by atoms with Crippen LogP contribution in [0.5, 0.6) is 0 Å². The Bertz CT molecular complexity index is 433. The summed E-state index contributed by atoms with van der Waals surface area (Å²) in [6.45, 7) is 1.73. The molecule has 0 heterocycles. The lowest BCUT2D eigenvalue weighted by atomic mass is 10.1. The van der Waals surface area contributed by atoms with E-state index in [-0.39, 0.29) is 6.04 Å². The molecule has 0 spiro atoms. The van der Waals surface area contributed by atoms with Crippen molar-refractivity contribution in [1.29, 1.82) is 0 Å². The first kappa shape index (κ1) is 12.8. The number of halogens is 2. The Hall–Kier alpha value is -0.290. The van der Waals surface area contributed by atoms with Gasteiger partial charge in [-0.1, -0.05) is 23.7 Å². The first-order valence-electron chi connectivity index (χ1n) is 4.26. The molecule has 0 amide bonds. The van der Waals surface area contributed by atoms with Gasteiger partial charge in [0.15, 0.2) is 0 Å². The van der Waals surface area contributed by atoms with Gasteiger partial charge in [0.1, 0.15) is 5.21 Å². The van der Waals surface area contributed by atoms with Crippen LogP contribution in [0.4, 0.5) is 0 Å². The van der Waals surface area contributed by atoms with Crippen molar-refractivity contribution in [2.45, 2.75) is 13.0 Å². The van der Waals surface area contributed by atoms with Crippen molar-refractivity contribution in [3.05, 3.63) is 34.9 Å². The molecule has 0 fully saturated rings. The summed E-state index contributed by atoms with van der Waals surface area (Å²) in [7, 11) is -3.41. The molecule has 3 nitrogen and oxygen atoms in total. The summed E-state index contributed by atoms with van der Waals surface area (Å²) in [6, 6.07) is 6.67. The molecule has 1 N–H and O–H groups in total. The summed E-state index contributed by atoms with van der Waals surface area (Å²) < 4.78 is 24.8. The molecule has 15 heavy (non-hydrogen) atoms. The van der Waals surface area contributed by atoms with Crippen molar-refractivity contribution in [3.63, 3.8) is 0 Å². The summed E-state index contributed by atoms with van der Waals surface area (Å²) in [5.74, 6) is 0. The smallest absolute Gasteiger partial charge is 0.211 e. The lowest BCUT2D eigenvalue weighted by Gasteiger charge is -2.13. The topological polar surface area (TPSA) is 46.2 Å². The maximum Gasteiger partial charge on any atom is 0.226 e. The highest BCUT2D eigenvalue weighted by atomic mass is 35.5. The third-order valence-corrected chi connectivity index (χ3v) is 3.95. The molecule has 0 aliphatic heterocycles. The fourth-order valence-electron chi connectivity index (χ4n) is 1.14. The molecule has 1 rings (SSSR count). The molecule has 1 aromatic rings. The highest BCUT2D eigenvalue weighted by Crippen LogP contribution is 2.18. The van der Waals surface area contributed by atoms with Crippen LogP contribution in [0.1, 0.15) is 18.5 Å². The second-order valence-electron chi connectivity index (χ2n) is 3.12. The predicted octanol–water partition coefficient (Wildman–Crippen LogP) is 2.52. The third kappa shape index (κ3) is 3.99. The second kappa shape index (κ2) is 5.16. The molecule has 0 bridgehead atoms. The van der Waals surface area contributed by atoms with E-state index in [9.17, 15) is 8.42 Å². The number of rotatable bonds is 4. The van der Waals surface area contributed by atoms with Gasteiger partial charge in [-0.05, 0) is 24.6 Å². The maximum absolute atomic E-state index is 11.2. The molecule has 0 aromatic heterocycles. The van der Waals surface area contributed by atoms with Gasteiger partial charge < -0.3 is 0 Å². The molecule has 0 saturated heterocycles. The molecule has 84 valence electrons. The van der Waals surface area contributed by atoms with Gasteiger partial charge >= 0.3 is 0 Å². The lowest BCUT2D eigenvalue weighted by molar-refractivity contribution is 0.571. The summed E-state index contributed by atoms with van der Waals surface area (Å²) in [5.41, 5.74) is 0.802. The van der Waals surface area contributed by atoms with E-state index in [0.29, 0.717) is 5.02 Å². The Morgan fingerprint density at radius 3 is 2.67 bits per heavy atom. The van der Waals surface area contributed by atoms with Crippen molar-refractivity contribution in [1.82, 2.24) is 4.72 Å². The van der Waals surface area contributed by atoms with Gasteiger partial charge in [0.25, 0.3) is 0 Å². The van der Waals surface area contributed by atoms with Crippen LogP contribution in [0.3, 0.4) is 0 Å². The van der Waals surface area contributed by atoms with Gasteiger partial charge in [0.2, 0.25) is 10.0 Å². The van der Waals surface area contributed by atoms with E-state index in [2.05, 4.69) is 4.72 Å². The third-order valence-electron chi connectivity index (χ3n) is 1.85. The highest BCUT2D eigenvalue weighted by molar-refractivity contribution is 7.90. The van der Waals surface area contributed by atoms with E-state index in [1.165, 1.54) is 0 Å². The number of nitrogens with one attached hydrogen (secondary N) is 1. The van der Waals surface area contributed by atoms with Gasteiger partial charge in [-0.25, -0.2) is 13.1 Å². The standard InChI is InChI=1S/C9H11Cl2NO2S/c1-7(12-15(13,14)6-10)8-3-2-4-9(11)5-8/h2-5,7,12H,6H2,1H3/t7-/m1/s1. The van der Waals surface area contributed by atoms with Crippen LogP contribution in [0.25, 0.3) is 0 Å². The quantitative estimate of drug-likeness (QED) is 0.853. The minimum Gasteiger partial charge on any atom is -0.211 e. The zero-order valence-electron chi connectivity index (χ0n) is 8.07. The Morgan fingerprint density at radius 2 is 2.13 bits per heavy atom. The van der Waals surface area contributed by atoms with Gasteiger partial charge in [0.05, 0.1) is 0 Å². The Kier molecular flexibility index (Phi) is 4.40. The van der Waals surface area contributed by atoms with E-state index in [1.54, 1.807) is 31.2 Å². The van der Waals surface area contributed by atoms with Crippen LogP contribution in [-0.2, 0) is 10.0 Å². The number of benzene rings is 1. The molecule has 0 radical (unpaired) electrons. The van der Waals surface area contributed by atoms with Crippen molar-refractivity contribution in [2.24, 2.45) is 0 Å². The summed E-state index contributed by atoms with van der Waals surface area (Å²) in [5, 5.41) is 0.127. The molecule has 1 atom stereocenters. The van der Waals surface area contributed by atoms with Crippen molar-refractivity contribution < 1.29 is 8.42 Å². The van der Waals surface area contributed by atoms with E-state index < -0.39 is 15.2 Å². The Morgan fingerprint density at radius 1 is 1.47 bits per heavy atom. The summed E-state index contributed by atoms with van der Waals surface area (Å²) in [6.07, 6.45) is 0. The maximum atomic E-state index is 11.2. The van der Waals surface area contributed by atoms with Crippen LogP contribution in [0.15, 0.2) is 24.3 Å². The number of hydrogen-bond donors (Lipinski definition) is 1. The minimum atomic E-state index is -3.41. The van der Waals surface area contributed by atoms with Crippen LogP contribution < -0.4 is 4.72 Å². The van der Waals surface area contributed by atoms with Crippen molar-refractivity contribution in [2.75, 3.05) is 5.21 Å². The minimum absolute atomic E-state index is 0.340. The molecule has 0 aliphatic rings. The van der Waals surface area contributed by atoms with Crippen molar-refractivity contribution >= 4 is 33.2 Å². The van der Waals surface area contributed by atoms with Gasteiger partial charge in [-0.2, -0.15) is 0 Å². The average Bonchev–Trinajstić information content (AvgIpc) is 2.17. The monoisotopic (exact) mass is 267 g/mol. The average molecular weight is 268 g/mol. The fourth-order valence-corrected chi connectivity index (χ4v) is 2.27. The van der Waals surface area contributed by atoms with Gasteiger partial charge in [-0.3, -0.25) is 0 Å². The number of hydrogen-bond acceptors (Lipinski definition) is 2. The molecule has 0 saturated carbocycles. The first-order valence-corrected chi connectivity index (χ1v) is 6.82. The van der Waals surface area contributed by atoms with Gasteiger partial charge in [0, 0.05) is 11.1 Å². The zero-order chi connectivity index (χ0) is 11.5. The van der Waals surface area contributed by atoms with Crippen LogP contribution >= 0.6 is 23.2 Å². The van der Waals surface area contributed by atoms with E-state index in [4.69, 9.17) is 23.2 Å². The zero-order valence-corrected chi connectivity index (χ0v) is 10.4. The number of alkyl halides is 1. The van der Waals surface area contributed by atoms with Crippen molar-refractivity contribution in [3.8, 4) is 0 Å². The van der Waals surface area contributed by atoms with E-state index in [1.807, 2.05) is 0 Å². The molecule has 0 unspecified atom stereocenters. The number of sulfonamides is 1. The predicted molar refractivity (Wildman–Crippen MR) is 62.6 cm³/mol. The van der Waals surface area contributed by atoms with Crippen LogP contribution in [-0.4, -0.2) is 13.6 Å². The van der Waals surface area contributed by atoms with Gasteiger partial charge in [-0.15, -0.1) is 11.6 Å².